The van der Waals surface area contributed by atoms with Crippen molar-refractivity contribution in [2.45, 2.75) is 19.4 Å². The number of rotatable bonds is 3. The lowest BCUT2D eigenvalue weighted by Crippen LogP contribution is -2.12. The molecular weight excluding hydrogens is 204 g/mol. The van der Waals surface area contributed by atoms with Gasteiger partial charge in [-0.1, -0.05) is 18.2 Å². The average molecular weight is 218 g/mol. The van der Waals surface area contributed by atoms with Crippen LogP contribution in [0.3, 0.4) is 0 Å². The van der Waals surface area contributed by atoms with E-state index in [4.69, 9.17) is 9.47 Å². The first-order valence-electron chi connectivity index (χ1n) is 5.38. The van der Waals surface area contributed by atoms with E-state index in [2.05, 4.69) is 0 Å². The molecular formula is C13H14O3. The molecule has 16 heavy (non-hydrogen) atoms. The zero-order valence-electron chi connectivity index (χ0n) is 9.18. The minimum absolute atomic E-state index is 0.0857. The van der Waals surface area contributed by atoms with Gasteiger partial charge in [0.05, 0.1) is 19.3 Å². The number of carbonyl (C=O) groups excluding carboxylic acids is 1. The summed E-state index contributed by atoms with van der Waals surface area (Å²) in [5.41, 5.74) is 0.932. The highest BCUT2D eigenvalue weighted by atomic mass is 16.5. The first-order valence-corrected chi connectivity index (χ1v) is 5.38. The van der Waals surface area contributed by atoms with Crippen LogP contribution in [0, 0.1) is 0 Å². The predicted molar refractivity (Wildman–Crippen MR) is 60.2 cm³/mol. The molecule has 1 atom stereocenters. The van der Waals surface area contributed by atoms with E-state index in [9.17, 15) is 4.79 Å². The van der Waals surface area contributed by atoms with Crippen molar-refractivity contribution in [1.29, 1.82) is 0 Å². The molecule has 0 N–H and O–H groups in total. The van der Waals surface area contributed by atoms with Crippen molar-refractivity contribution in [3.8, 4) is 5.75 Å². The first kappa shape index (κ1) is 10.7. The minimum Gasteiger partial charge on any atom is -0.493 e. The van der Waals surface area contributed by atoms with Crippen molar-refractivity contribution in [3.05, 3.63) is 42.2 Å². The van der Waals surface area contributed by atoms with Gasteiger partial charge in [-0.2, -0.15) is 0 Å². The van der Waals surface area contributed by atoms with Crippen LogP contribution >= 0.6 is 0 Å². The standard InChI is InChI=1S/C13H14O3/c1-2-15-12-6-4-3-5-11(12)13-9-10(14)7-8-16-13/h3-8,13H,2,9H2,1H3. The van der Waals surface area contributed by atoms with Gasteiger partial charge in [-0.15, -0.1) is 0 Å². The molecule has 1 aromatic carbocycles. The van der Waals surface area contributed by atoms with Gasteiger partial charge in [0.25, 0.3) is 0 Å². The van der Waals surface area contributed by atoms with Crippen molar-refractivity contribution >= 4 is 5.78 Å². The lowest BCUT2D eigenvalue weighted by atomic mass is 10.0. The monoisotopic (exact) mass is 218 g/mol. The molecule has 0 bridgehead atoms. The number of para-hydroxylation sites is 1. The van der Waals surface area contributed by atoms with Crippen LogP contribution in [-0.2, 0) is 9.53 Å². The summed E-state index contributed by atoms with van der Waals surface area (Å²) in [6.07, 6.45) is 3.07. The van der Waals surface area contributed by atoms with Gasteiger partial charge in [-0.25, -0.2) is 0 Å². The lowest BCUT2D eigenvalue weighted by molar-refractivity contribution is -0.118. The van der Waals surface area contributed by atoms with Gasteiger partial charge in [0.1, 0.15) is 11.9 Å². The van der Waals surface area contributed by atoms with Crippen LogP contribution in [0.2, 0.25) is 0 Å². The third-order valence-electron chi connectivity index (χ3n) is 2.45. The SMILES string of the molecule is CCOc1ccccc1C1CC(=O)C=CO1. The summed E-state index contributed by atoms with van der Waals surface area (Å²) in [7, 11) is 0. The molecule has 84 valence electrons. The van der Waals surface area contributed by atoms with Gasteiger partial charge < -0.3 is 9.47 Å². The van der Waals surface area contributed by atoms with Gasteiger partial charge in [0, 0.05) is 11.6 Å². The molecule has 1 aliphatic heterocycles. The van der Waals surface area contributed by atoms with Crippen molar-refractivity contribution in [1.82, 2.24) is 0 Å². The normalized spacial score (nSPS) is 19.3. The molecule has 3 nitrogen and oxygen atoms in total. The fourth-order valence-electron chi connectivity index (χ4n) is 1.73. The average Bonchev–Trinajstić information content (AvgIpc) is 2.30. The quantitative estimate of drug-likeness (QED) is 0.782. The van der Waals surface area contributed by atoms with E-state index in [0.717, 1.165) is 11.3 Å². The van der Waals surface area contributed by atoms with Crippen LogP contribution in [-0.4, -0.2) is 12.4 Å². The van der Waals surface area contributed by atoms with Crippen molar-refractivity contribution in [2.75, 3.05) is 6.61 Å². The lowest BCUT2D eigenvalue weighted by Gasteiger charge is -2.21. The molecule has 0 fully saturated rings. The van der Waals surface area contributed by atoms with Crippen LogP contribution in [0.15, 0.2) is 36.6 Å². The maximum absolute atomic E-state index is 11.3. The topological polar surface area (TPSA) is 35.5 Å². The Kier molecular flexibility index (Phi) is 3.25. The van der Waals surface area contributed by atoms with Crippen LogP contribution in [0.5, 0.6) is 5.75 Å². The van der Waals surface area contributed by atoms with Crippen molar-refractivity contribution in [3.63, 3.8) is 0 Å². The number of hydrogen-bond donors (Lipinski definition) is 0. The zero-order valence-corrected chi connectivity index (χ0v) is 9.18. The summed E-state index contributed by atoms with van der Waals surface area (Å²) in [5, 5.41) is 0. The second kappa shape index (κ2) is 4.84. The Labute approximate surface area is 94.7 Å². The van der Waals surface area contributed by atoms with E-state index >= 15 is 0 Å². The van der Waals surface area contributed by atoms with Crippen LogP contribution in [0.25, 0.3) is 0 Å². The Hall–Kier alpha value is -1.77. The molecule has 1 aromatic rings. The number of hydrogen-bond acceptors (Lipinski definition) is 3. The molecule has 0 aromatic heterocycles. The summed E-state index contributed by atoms with van der Waals surface area (Å²) in [4.78, 5) is 11.3. The third-order valence-corrected chi connectivity index (χ3v) is 2.45. The van der Waals surface area contributed by atoms with Gasteiger partial charge in [-0.3, -0.25) is 4.79 Å². The number of ether oxygens (including phenoxy) is 2. The Morgan fingerprint density at radius 1 is 1.44 bits per heavy atom. The molecule has 1 heterocycles. The van der Waals surface area contributed by atoms with Crippen LogP contribution < -0.4 is 4.74 Å². The molecule has 0 spiro atoms. The van der Waals surface area contributed by atoms with E-state index < -0.39 is 0 Å². The smallest absolute Gasteiger partial charge is 0.162 e. The molecule has 2 rings (SSSR count). The molecule has 0 amide bonds. The maximum atomic E-state index is 11.3. The summed E-state index contributed by atoms with van der Waals surface area (Å²) in [6.45, 7) is 2.54. The highest BCUT2D eigenvalue weighted by Gasteiger charge is 2.21. The molecule has 0 saturated carbocycles. The number of allylic oxidation sites excluding steroid dienone is 1. The summed E-state index contributed by atoms with van der Waals surface area (Å²) >= 11 is 0. The molecule has 0 saturated heterocycles. The number of benzene rings is 1. The Morgan fingerprint density at radius 3 is 3.00 bits per heavy atom. The van der Waals surface area contributed by atoms with Gasteiger partial charge >= 0.3 is 0 Å². The Morgan fingerprint density at radius 2 is 2.25 bits per heavy atom. The highest BCUT2D eigenvalue weighted by Crippen LogP contribution is 2.32. The zero-order chi connectivity index (χ0) is 11.4. The molecule has 0 radical (unpaired) electrons. The van der Waals surface area contributed by atoms with Crippen molar-refractivity contribution in [2.24, 2.45) is 0 Å². The summed E-state index contributed by atoms with van der Waals surface area (Å²) in [5.74, 6) is 0.876. The third kappa shape index (κ3) is 2.24. The molecule has 1 unspecified atom stereocenters. The maximum Gasteiger partial charge on any atom is 0.162 e. The van der Waals surface area contributed by atoms with Crippen molar-refractivity contribution < 1.29 is 14.3 Å². The minimum atomic E-state index is -0.222. The van der Waals surface area contributed by atoms with E-state index in [-0.39, 0.29) is 11.9 Å². The second-order valence-corrected chi connectivity index (χ2v) is 3.57. The second-order valence-electron chi connectivity index (χ2n) is 3.57. The largest absolute Gasteiger partial charge is 0.493 e. The van der Waals surface area contributed by atoms with Gasteiger partial charge in [0.15, 0.2) is 5.78 Å². The number of ketones is 1. The summed E-state index contributed by atoms with van der Waals surface area (Å²) < 4.78 is 11.0. The molecule has 3 heteroatoms. The predicted octanol–water partition coefficient (Wildman–Crippen LogP) is 2.63. The van der Waals surface area contributed by atoms with Gasteiger partial charge in [0.2, 0.25) is 0 Å². The highest BCUT2D eigenvalue weighted by molar-refractivity contribution is 5.90. The van der Waals surface area contributed by atoms with E-state index in [1.54, 1.807) is 0 Å². The molecule has 1 aliphatic rings. The number of carbonyl (C=O) groups is 1. The Bertz CT molecular complexity index is 409. The van der Waals surface area contributed by atoms with E-state index in [0.29, 0.717) is 13.0 Å². The van der Waals surface area contributed by atoms with Gasteiger partial charge in [-0.05, 0) is 13.0 Å². The van der Waals surface area contributed by atoms with E-state index in [1.165, 1.54) is 12.3 Å². The van der Waals surface area contributed by atoms with Crippen LogP contribution in [0.4, 0.5) is 0 Å². The molecule has 0 aliphatic carbocycles. The summed E-state index contributed by atoms with van der Waals surface area (Å²) in [6, 6.07) is 7.66. The fraction of sp³-hybridized carbons (Fsp3) is 0.308. The fourth-order valence-corrected chi connectivity index (χ4v) is 1.73. The van der Waals surface area contributed by atoms with E-state index in [1.807, 2.05) is 31.2 Å². The first-order chi connectivity index (χ1) is 7.81. The Balaban J connectivity index is 2.25. The van der Waals surface area contributed by atoms with Crippen LogP contribution in [0.1, 0.15) is 25.0 Å².